The molecule has 5 heteroatoms. The summed E-state index contributed by atoms with van der Waals surface area (Å²) >= 11 is 0. The zero-order valence-corrected chi connectivity index (χ0v) is 9.70. The van der Waals surface area contributed by atoms with E-state index in [0.29, 0.717) is 22.7 Å². The highest BCUT2D eigenvalue weighted by molar-refractivity contribution is 5.97. The molecule has 0 amide bonds. The van der Waals surface area contributed by atoms with Crippen LogP contribution in [0.2, 0.25) is 0 Å². The molecule has 0 bridgehead atoms. The molecule has 0 saturated carbocycles. The van der Waals surface area contributed by atoms with Crippen LogP contribution in [-0.2, 0) is 23.7 Å². The molecule has 0 N–H and O–H groups in total. The number of hydrogen-bond acceptors (Lipinski definition) is 5. The van der Waals surface area contributed by atoms with Crippen molar-refractivity contribution in [2.24, 2.45) is 0 Å². The lowest BCUT2D eigenvalue weighted by molar-refractivity contribution is -0.136. The van der Waals surface area contributed by atoms with Crippen LogP contribution < -0.4 is 0 Å². The van der Waals surface area contributed by atoms with Gasteiger partial charge in [-0.2, -0.15) is 0 Å². The lowest BCUT2D eigenvalue weighted by Gasteiger charge is -2.07. The summed E-state index contributed by atoms with van der Waals surface area (Å²) in [6.45, 7) is 0. The van der Waals surface area contributed by atoms with E-state index in [4.69, 9.17) is 14.2 Å². The summed E-state index contributed by atoms with van der Waals surface area (Å²) in [5, 5.41) is 0. The highest BCUT2D eigenvalue weighted by Crippen LogP contribution is 2.32. The third-order valence-corrected chi connectivity index (χ3v) is 2.08. The Morgan fingerprint density at radius 1 is 1.19 bits per heavy atom. The molecule has 1 rings (SSSR count). The van der Waals surface area contributed by atoms with Crippen molar-refractivity contribution in [3.05, 3.63) is 35.0 Å². The second-order valence-corrected chi connectivity index (χ2v) is 2.92. The van der Waals surface area contributed by atoms with Gasteiger partial charge >= 0.3 is 5.97 Å². The summed E-state index contributed by atoms with van der Waals surface area (Å²) < 4.78 is 19.8. The fourth-order valence-corrected chi connectivity index (χ4v) is 1.42. The predicted molar refractivity (Wildman–Crippen MR) is 56.2 cm³/mol. The summed E-state index contributed by atoms with van der Waals surface area (Å²) in [5.74, 6) is 0.312. The molecule has 0 heterocycles. The highest BCUT2D eigenvalue weighted by Gasteiger charge is 2.30. The first-order chi connectivity index (χ1) is 7.69. The molecule has 0 aliphatic heterocycles. The van der Waals surface area contributed by atoms with E-state index >= 15 is 0 Å². The number of carbonyl (C=O) groups excluding carboxylic acids is 1. The van der Waals surface area contributed by atoms with Crippen molar-refractivity contribution < 1.29 is 23.7 Å². The lowest BCUT2D eigenvalue weighted by Crippen LogP contribution is -2.08. The summed E-state index contributed by atoms with van der Waals surface area (Å²) in [5.41, 5.74) is 0.853. The van der Waals surface area contributed by atoms with Crippen molar-refractivity contribution in [2.75, 3.05) is 28.4 Å². The Bertz CT molecular complexity index is 376. The quantitative estimate of drug-likeness (QED) is 0.531. The highest BCUT2D eigenvalue weighted by atomic mass is 16.5. The van der Waals surface area contributed by atoms with Crippen molar-refractivity contribution in [2.45, 2.75) is 0 Å². The number of carbonyl (C=O) groups is 1. The Hall–Kier alpha value is -1.91. The molecule has 0 atom stereocenters. The van der Waals surface area contributed by atoms with E-state index in [2.05, 4.69) is 4.74 Å². The van der Waals surface area contributed by atoms with E-state index in [-0.39, 0.29) is 0 Å². The SMILES string of the molecule is COC=C1C=C(OC)C(OC)=C1C(=O)OC. The third kappa shape index (κ3) is 2.03. The van der Waals surface area contributed by atoms with Gasteiger partial charge in [-0.1, -0.05) is 0 Å². The van der Waals surface area contributed by atoms with Crippen LogP contribution in [-0.4, -0.2) is 34.4 Å². The summed E-state index contributed by atoms with van der Waals surface area (Å²) in [6.07, 6.45) is 3.08. The Labute approximate surface area is 93.9 Å². The first-order valence-electron chi connectivity index (χ1n) is 4.55. The zero-order valence-electron chi connectivity index (χ0n) is 9.70. The minimum absolute atomic E-state index is 0.295. The van der Waals surface area contributed by atoms with Crippen LogP contribution in [0.1, 0.15) is 0 Å². The smallest absolute Gasteiger partial charge is 0.342 e. The molecule has 16 heavy (non-hydrogen) atoms. The lowest BCUT2D eigenvalue weighted by atomic mass is 10.1. The van der Waals surface area contributed by atoms with Crippen LogP contribution in [0.3, 0.4) is 0 Å². The largest absolute Gasteiger partial charge is 0.504 e. The molecule has 0 saturated heterocycles. The van der Waals surface area contributed by atoms with Crippen LogP contribution in [0, 0.1) is 0 Å². The van der Waals surface area contributed by atoms with Gasteiger partial charge in [-0.25, -0.2) is 4.79 Å². The molecule has 0 spiro atoms. The monoisotopic (exact) mass is 226 g/mol. The zero-order chi connectivity index (χ0) is 12.1. The maximum atomic E-state index is 11.6. The van der Waals surface area contributed by atoms with E-state index in [9.17, 15) is 4.79 Å². The first-order valence-corrected chi connectivity index (χ1v) is 4.55. The Morgan fingerprint density at radius 2 is 1.88 bits per heavy atom. The van der Waals surface area contributed by atoms with Gasteiger partial charge in [0.25, 0.3) is 0 Å². The standard InChI is InChI=1S/C11H14O5/c1-13-6-7-5-8(14-2)10(15-3)9(7)11(12)16-4/h5-6H,1-4H3. The Morgan fingerprint density at radius 3 is 2.31 bits per heavy atom. The second kappa shape index (κ2) is 5.25. The minimum Gasteiger partial charge on any atom is -0.504 e. The van der Waals surface area contributed by atoms with Gasteiger partial charge in [-0.15, -0.1) is 0 Å². The predicted octanol–water partition coefficient (Wildman–Crippen LogP) is 1.13. The number of methoxy groups -OCH3 is 4. The number of ether oxygens (including phenoxy) is 4. The van der Waals surface area contributed by atoms with Crippen molar-refractivity contribution >= 4 is 5.97 Å². The molecule has 0 radical (unpaired) electrons. The van der Waals surface area contributed by atoms with E-state index in [0.717, 1.165) is 0 Å². The molecule has 0 fully saturated rings. The van der Waals surface area contributed by atoms with Gasteiger partial charge in [0, 0.05) is 5.57 Å². The molecular weight excluding hydrogens is 212 g/mol. The second-order valence-electron chi connectivity index (χ2n) is 2.92. The normalized spacial score (nSPS) is 17.2. The van der Waals surface area contributed by atoms with Crippen molar-refractivity contribution in [3.63, 3.8) is 0 Å². The van der Waals surface area contributed by atoms with Crippen molar-refractivity contribution in [1.82, 2.24) is 0 Å². The minimum atomic E-state index is -0.497. The maximum Gasteiger partial charge on any atom is 0.342 e. The van der Waals surface area contributed by atoms with Crippen molar-refractivity contribution in [1.29, 1.82) is 0 Å². The number of rotatable bonds is 4. The van der Waals surface area contributed by atoms with E-state index < -0.39 is 5.97 Å². The molecule has 0 aromatic heterocycles. The van der Waals surface area contributed by atoms with Crippen molar-refractivity contribution in [3.8, 4) is 0 Å². The van der Waals surface area contributed by atoms with Crippen LogP contribution in [0.15, 0.2) is 35.0 Å². The van der Waals surface area contributed by atoms with Gasteiger partial charge in [0.05, 0.1) is 34.7 Å². The van der Waals surface area contributed by atoms with Gasteiger partial charge in [0.1, 0.15) is 5.57 Å². The molecular formula is C11H14O5. The van der Waals surface area contributed by atoms with Crippen LogP contribution >= 0.6 is 0 Å². The van der Waals surface area contributed by atoms with Crippen LogP contribution in [0.4, 0.5) is 0 Å². The Kier molecular flexibility index (Phi) is 3.99. The topological polar surface area (TPSA) is 54.0 Å². The van der Waals surface area contributed by atoms with Gasteiger partial charge in [0.2, 0.25) is 0 Å². The molecule has 1 aliphatic carbocycles. The molecule has 0 aromatic carbocycles. The molecule has 5 nitrogen and oxygen atoms in total. The molecule has 0 aromatic rings. The Balaban J connectivity index is 3.24. The van der Waals surface area contributed by atoms with Gasteiger partial charge in [-0.3, -0.25) is 0 Å². The average Bonchev–Trinajstić information content (AvgIpc) is 2.66. The van der Waals surface area contributed by atoms with E-state index in [1.54, 1.807) is 6.08 Å². The number of esters is 1. The number of allylic oxidation sites excluding steroid dienone is 1. The summed E-state index contributed by atoms with van der Waals surface area (Å²) in [4.78, 5) is 11.6. The van der Waals surface area contributed by atoms with Gasteiger partial charge in [-0.05, 0) is 6.08 Å². The fourth-order valence-electron chi connectivity index (χ4n) is 1.42. The first kappa shape index (κ1) is 12.2. The van der Waals surface area contributed by atoms with Gasteiger partial charge < -0.3 is 18.9 Å². The van der Waals surface area contributed by atoms with Crippen LogP contribution in [0.5, 0.6) is 0 Å². The summed E-state index contributed by atoms with van der Waals surface area (Å²) in [7, 11) is 5.75. The van der Waals surface area contributed by atoms with Crippen LogP contribution in [0.25, 0.3) is 0 Å². The third-order valence-electron chi connectivity index (χ3n) is 2.08. The molecule has 1 aliphatic rings. The summed E-state index contributed by atoms with van der Waals surface area (Å²) in [6, 6.07) is 0. The molecule has 88 valence electrons. The van der Waals surface area contributed by atoms with E-state index in [1.807, 2.05) is 0 Å². The average molecular weight is 226 g/mol. The number of hydrogen-bond donors (Lipinski definition) is 0. The van der Waals surface area contributed by atoms with Gasteiger partial charge in [0.15, 0.2) is 11.5 Å². The maximum absolute atomic E-state index is 11.6. The van der Waals surface area contributed by atoms with E-state index in [1.165, 1.54) is 34.7 Å². The fraction of sp³-hybridized carbons (Fsp3) is 0.364. The molecule has 0 unspecified atom stereocenters.